The maximum Gasteiger partial charge on any atom is 0.123 e. The van der Waals surface area contributed by atoms with Crippen LogP contribution in [0.2, 0.25) is 5.02 Å². The van der Waals surface area contributed by atoms with Crippen molar-refractivity contribution in [2.24, 2.45) is 0 Å². The molecule has 1 N–H and O–H groups in total. The minimum absolute atomic E-state index is 0.249. The van der Waals surface area contributed by atoms with Crippen LogP contribution in [0.25, 0.3) is 22.3 Å². The molecule has 0 atom stereocenters. The highest BCUT2D eigenvalue weighted by Gasteiger charge is 2.06. The van der Waals surface area contributed by atoms with Gasteiger partial charge < -0.3 is 4.98 Å². The molecule has 0 saturated heterocycles. The summed E-state index contributed by atoms with van der Waals surface area (Å²) in [5.74, 6) is -0.249. The summed E-state index contributed by atoms with van der Waals surface area (Å²) in [6.07, 6.45) is 1.66. The van der Waals surface area contributed by atoms with E-state index in [0.29, 0.717) is 5.02 Å². The lowest BCUT2D eigenvalue weighted by atomic mass is 10.1. The summed E-state index contributed by atoms with van der Waals surface area (Å²) < 4.78 is 12.8. The first-order valence-corrected chi connectivity index (χ1v) is 5.51. The summed E-state index contributed by atoms with van der Waals surface area (Å²) >= 11 is 6.05. The SMILES string of the molecule is Fc1ccc(-c2cc3nccc(Cl)c3[nH]2)cc1. The van der Waals surface area contributed by atoms with Crippen molar-refractivity contribution in [1.29, 1.82) is 0 Å². The van der Waals surface area contributed by atoms with Crippen LogP contribution in [0.4, 0.5) is 4.39 Å². The highest BCUT2D eigenvalue weighted by atomic mass is 35.5. The zero-order valence-electron chi connectivity index (χ0n) is 8.74. The number of aromatic amines is 1. The Morgan fingerprint density at radius 1 is 1.12 bits per heavy atom. The van der Waals surface area contributed by atoms with E-state index in [2.05, 4.69) is 9.97 Å². The normalized spacial score (nSPS) is 10.9. The second kappa shape index (κ2) is 3.86. The molecule has 0 aliphatic heterocycles. The lowest BCUT2D eigenvalue weighted by Gasteiger charge is -1.96. The number of benzene rings is 1. The molecule has 0 fully saturated rings. The molecule has 3 rings (SSSR count). The van der Waals surface area contributed by atoms with Gasteiger partial charge in [-0.15, -0.1) is 0 Å². The number of fused-ring (bicyclic) bond motifs is 1. The maximum absolute atomic E-state index is 12.8. The molecule has 0 aliphatic carbocycles. The van der Waals surface area contributed by atoms with E-state index in [0.717, 1.165) is 22.3 Å². The Morgan fingerprint density at radius 2 is 1.88 bits per heavy atom. The number of hydrogen-bond donors (Lipinski definition) is 1. The van der Waals surface area contributed by atoms with Crippen LogP contribution in [-0.4, -0.2) is 9.97 Å². The van der Waals surface area contributed by atoms with Crippen LogP contribution in [0.1, 0.15) is 0 Å². The average Bonchev–Trinajstić information content (AvgIpc) is 2.75. The molecular formula is C13H8ClFN2. The first-order valence-electron chi connectivity index (χ1n) is 5.13. The van der Waals surface area contributed by atoms with Gasteiger partial charge in [0, 0.05) is 11.9 Å². The van der Waals surface area contributed by atoms with Crippen LogP contribution in [0.15, 0.2) is 42.6 Å². The predicted molar refractivity (Wildman–Crippen MR) is 66.5 cm³/mol. The van der Waals surface area contributed by atoms with Crippen LogP contribution in [-0.2, 0) is 0 Å². The van der Waals surface area contributed by atoms with E-state index in [1.165, 1.54) is 12.1 Å². The summed E-state index contributed by atoms with van der Waals surface area (Å²) in [5.41, 5.74) is 3.38. The fourth-order valence-corrected chi connectivity index (χ4v) is 1.98. The fourth-order valence-electron chi connectivity index (χ4n) is 1.78. The van der Waals surface area contributed by atoms with E-state index in [1.807, 2.05) is 6.07 Å². The van der Waals surface area contributed by atoms with Crippen LogP contribution in [0, 0.1) is 5.82 Å². The summed E-state index contributed by atoms with van der Waals surface area (Å²) in [4.78, 5) is 7.40. The molecule has 0 amide bonds. The number of aromatic nitrogens is 2. The van der Waals surface area contributed by atoms with E-state index in [1.54, 1.807) is 24.4 Å². The van der Waals surface area contributed by atoms with Gasteiger partial charge in [-0.3, -0.25) is 4.98 Å². The molecule has 2 aromatic heterocycles. The van der Waals surface area contributed by atoms with Gasteiger partial charge in [0.05, 0.1) is 16.1 Å². The van der Waals surface area contributed by atoms with Crippen LogP contribution >= 0.6 is 11.6 Å². The summed E-state index contributed by atoms with van der Waals surface area (Å²) in [7, 11) is 0. The molecule has 3 aromatic rings. The molecule has 2 heterocycles. The van der Waals surface area contributed by atoms with Crippen molar-refractivity contribution in [3.8, 4) is 11.3 Å². The van der Waals surface area contributed by atoms with Crippen molar-refractivity contribution in [3.63, 3.8) is 0 Å². The lowest BCUT2D eigenvalue weighted by Crippen LogP contribution is -1.78. The molecule has 0 unspecified atom stereocenters. The number of nitrogens with zero attached hydrogens (tertiary/aromatic N) is 1. The fraction of sp³-hybridized carbons (Fsp3) is 0. The average molecular weight is 247 g/mol. The smallest absolute Gasteiger partial charge is 0.123 e. The van der Waals surface area contributed by atoms with Crippen molar-refractivity contribution in [1.82, 2.24) is 9.97 Å². The molecular weight excluding hydrogens is 239 g/mol. The van der Waals surface area contributed by atoms with Crippen molar-refractivity contribution >= 4 is 22.6 Å². The third kappa shape index (κ3) is 1.78. The predicted octanol–water partition coefficient (Wildman–Crippen LogP) is 4.02. The molecule has 1 aromatic carbocycles. The lowest BCUT2D eigenvalue weighted by molar-refractivity contribution is 0.628. The Bertz CT molecular complexity index is 673. The largest absolute Gasteiger partial charge is 0.352 e. The first kappa shape index (κ1) is 10.3. The van der Waals surface area contributed by atoms with Gasteiger partial charge in [0.25, 0.3) is 0 Å². The first-order chi connectivity index (χ1) is 8.24. The summed E-state index contributed by atoms with van der Waals surface area (Å²) in [6.45, 7) is 0. The van der Waals surface area contributed by atoms with Gasteiger partial charge in [-0.2, -0.15) is 0 Å². The van der Waals surface area contributed by atoms with E-state index in [-0.39, 0.29) is 5.82 Å². The van der Waals surface area contributed by atoms with Crippen molar-refractivity contribution < 1.29 is 4.39 Å². The van der Waals surface area contributed by atoms with Gasteiger partial charge in [-0.1, -0.05) is 11.6 Å². The van der Waals surface area contributed by atoms with Gasteiger partial charge in [0.2, 0.25) is 0 Å². The molecule has 0 aliphatic rings. The van der Waals surface area contributed by atoms with Crippen LogP contribution in [0.3, 0.4) is 0 Å². The zero-order valence-corrected chi connectivity index (χ0v) is 9.50. The Kier molecular flexibility index (Phi) is 2.34. The third-order valence-electron chi connectivity index (χ3n) is 2.63. The Labute approximate surface area is 102 Å². The number of nitrogens with one attached hydrogen (secondary N) is 1. The quantitative estimate of drug-likeness (QED) is 0.690. The number of H-pyrrole nitrogens is 1. The van der Waals surface area contributed by atoms with E-state index >= 15 is 0 Å². The molecule has 0 radical (unpaired) electrons. The maximum atomic E-state index is 12.8. The Balaban J connectivity index is 2.18. The second-order valence-corrected chi connectivity index (χ2v) is 4.15. The zero-order chi connectivity index (χ0) is 11.8. The highest BCUT2D eigenvalue weighted by molar-refractivity contribution is 6.34. The van der Waals surface area contributed by atoms with Gasteiger partial charge in [-0.05, 0) is 42.0 Å². The monoisotopic (exact) mass is 246 g/mol. The van der Waals surface area contributed by atoms with E-state index in [9.17, 15) is 4.39 Å². The molecule has 84 valence electrons. The standard InChI is InChI=1S/C13H8ClFN2/c14-10-5-6-16-12-7-11(17-13(10)12)8-1-3-9(15)4-2-8/h1-7,17H. The van der Waals surface area contributed by atoms with Gasteiger partial charge in [0.15, 0.2) is 0 Å². The molecule has 0 spiro atoms. The third-order valence-corrected chi connectivity index (χ3v) is 2.94. The van der Waals surface area contributed by atoms with E-state index < -0.39 is 0 Å². The van der Waals surface area contributed by atoms with Gasteiger partial charge >= 0.3 is 0 Å². The van der Waals surface area contributed by atoms with Crippen LogP contribution < -0.4 is 0 Å². The summed E-state index contributed by atoms with van der Waals surface area (Å²) in [5, 5.41) is 0.628. The van der Waals surface area contributed by atoms with Crippen molar-refractivity contribution in [2.45, 2.75) is 0 Å². The van der Waals surface area contributed by atoms with Crippen molar-refractivity contribution in [3.05, 3.63) is 53.4 Å². The molecule has 0 bridgehead atoms. The minimum atomic E-state index is -0.249. The number of rotatable bonds is 1. The minimum Gasteiger partial charge on any atom is -0.352 e. The van der Waals surface area contributed by atoms with Crippen LogP contribution in [0.5, 0.6) is 0 Å². The second-order valence-electron chi connectivity index (χ2n) is 3.74. The van der Waals surface area contributed by atoms with Crippen molar-refractivity contribution in [2.75, 3.05) is 0 Å². The highest BCUT2D eigenvalue weighted by Crippen LogP contribution is 2.27. The van der Waals surface area contributed by atoms with E-state index in [4.69, 9.17) is 11.6 Å². The summed E-state index contributed by atoms with van der Waals surface area (Å²) in [6, 6.07) is 9.91. The molecule has 2 nitrogen and oxygen atoms in total. The van der Waals surface area contributed by atoms with Gasteiger partial charge in [-0.25, -0.2) is 4.39 Å². The Morgan fingerprint density at radius 3 is 2.59 bits per heavy atom. The molecule has 17 heavy (non-hydrogen) atoms. The number of halogens is 2. The Hall–Kier alpha value is -1.87. The topological polar surface area (TPSA) is 28.7 Å². The molecule has 4 heteroatoms. The molecule has 0 saturated carbocycles. The number of hydrogen-bond acceptors (Lipinski definition) is 1. The number of pyridine rings is 1. The van der Waals surface area contributed by atoms with Gasteiger partial charge in [0.1, 0.15) is 5.82 Å².